The molecule has 1 saturated heterocycles. The molecule has 8 nitrogen and oxygen atoms in total. The molecule has 3 N–H and O–H groups in total. The van der Waals surface area contributed by atoms with Crippen LogP contribution in [0.1, 0.15) is 50.0 Å². The minimum atomic E-state index is -0.351. The van der Waals surface area contributed by atoms with Crippen molar-refractivity contribution >= 4 is 17.8 Å². The highest BCUT2D eigenvalue weighted by Crippen LogP contribution is 2.60. The number of primary amides is 1. The van der Waals surface area contributed by atoms with E-state index in [4.69, 9.17) is 10.5 Å². The molecule has 3 unspecified atom stereocenters. The van der Waals surface area contributed by atoms with Gasteiger partial charge >= 0.3 is 6.09 Å². The number of hydrogen-bond donors (Lipinski definition) is 2. The van der Waals surface area contributed by atoms with Gasteiger partial charge in [-0.1, -0.05) is 0 Å². The molecule has 0 aromatic carbocycles. The third-order valence-corrected chi connectivity index (χ3v) is 7.71. The van der Waals surface area contributed by atoms with Crippen molar-refractivity contribution < 1.29 is 14.3 Å². The van der Waals surface area contributed by atoms with Crippen LogP contribution < -0.4 is 11.1 Å². The summed E-state index contributed by atoms with van der Waals surface area (Å²) in [6.45, 7) is 5.11. The fourth-order valence-corrected chi connectivity index (χ4v) is 6.71. The number of aryl methyl sites for hydroxylation is 2. The first kappa shape index (κ1) is 19.6. The first-order valence-corrected chi connectivity index (χ1v) is 11.2. The van der Waals surface area contributed by atoms with Crippen LogP contribution in [0.3, 0.4) is 0 Å². The molecule has 1 aliphatic heterocycles. The topological polar surface area (TPSA) is 110 Å². The summed E-state index contributed by atoms with van der Waals surface area (Å²) in [7, 11) is 0. The van der Waals surface area contributed by atoms with Crippen molar-refractivity contribution in [3.8, 4) is 0 Å². The Labute approximate surface area is 177 Å². The summed E-state index contributed by atoms with van der Waals surface area (Å²) >= 11 is 0. The maximum absolute atomic E-state index is 12.9. The molecule has 4 aliphatic carbocycles. The Morgan fingerprint density at radius 3 is 2.60 bits per heavy atom. The molecule has 5 aliphatic rings. The minimum Gasteiger partial charge on any atom is -0.446 e. The third-order valence-electron chi connectivity index (χ3n) is 7.71. The number of aromatic nitrogens is 2. The molecule has 162 valence electrons. The van der Waals surface area contributed by atoms with Gasteiger partial charge in [0.15, 0.2) is 0 Å². The maximum atomic E-state index is 12.9. The van der Waals surface area contributed by atoms with Crippen molar-refractivity contribution in [2.45, 2.75) is 64.5 Å². The van der Waals surface area contributed by atoms with E-state index in [0.717, 1.165) is 55.9 Å². The van der Waals surface area contributed by atoms with Crippen LogP contribution in [-0.2, 0) is 9.53 Å². The standard InChI is InChI=1S/C22H31N5O3/c1-12-5-18(25-13(2)24-12)26-17-3-4-27(11-17)21(29)30-19-15-6-14-7-16(19)10-22(8-14,9-15)20(23)28/h5,14-17,19H,3-4,6-11H2,1-2H3,(H2,23,28)(H,24,25,26). The number of carbonyl (C=O) groups excluding carboxylic acids is 2. The molecule has 0 radical (unpaired) electrons. The van der Waals surface area contributed by atoms with Crippen molar-refractivity contribution in [3.63, 3.8) is 0 Å². The number of amides is 2. The average Bonchev–Trinajstić information content (AvgIpc) is 3.11. The predicted octanol–water partition coefficient (Wildman–Crippen LogP) is 2.40. The molecule has 30 heavy (non-hydrogen) atoms. The molecule has 4 bridgehead atoms. The van der Waals surface area contributed by atoms with Crippen LogP contribution in [0.2, 0.25) is 0 Å². The average molecular weight is 414 g/mol. The molecule has 2 amide bonds. The van der Waals surface area contributed by atoms with Gasteiger partial charge in [0.1, 0.15) is 17.7 Å². The van der Waals surface area contributed by atoms with E-state index >= 15 is 0 Å². The number of nitrogens with two attached hydrogens (primary N) is 1. The van der Waals surface area contributed by atoms with Crippen LogP contribution in [0.5, 0.6) is 0 Å². The van der Waals surface area contributed by atoms with Crippen LogP contribution in [-0.4, -0.2) is 52.1 Å². The van der Waals surface area contributed by atoms with Gasteiger partial charge in [-0.25, -0.2) is 14.8 Å². The van der Waals surface area contributed by atoms with E-state index in [1.54, 1.807) is 4.90 Å². The summed E-state index contributed by atoms with van der Waals surface area (Å²) in [5.74, 6) is 2.49. The van der Waals surface area contributed by atoms with Gasteiger partial charge in [0.05, 0.1) is 5.41 Å². The number of nitrogens with zero attached hydrogens (tertiary/aromatic N) is 3. The number of likely N-dealkylation sites (tertiary alicyclic amines) is 1. The Kier molecular flexibility index (Phi) is 4.63. The lowest BCUT2D eigenvalue weighted by atomic mass is 9.48. The predicted molar refractivity (Wildman–Crippen MR) is 111 cm³/mol. The number of ether oxygens (including phenoxy) is 1. The second-order valence-corrected chi connectivity index (χ2v) is 9.98. The van der Waals surface area contributed by atoms with Crippen molar-refractivity contribution in [2.75, 3.05) is 18.4 Å². The Bertz CT molecular complexity index is 838. The van der Waals surface area contributed by atoms with Crippen LogP contribution in [0.25, 0.3) is 0 Å². The van der Waals surface area contributed by atoms with Crippen LogP contribution in [0.4, 0.5) is 10.6 Å². The molecule has 6 rings (SSSR count). The van der Waals surface area contributed by atoms with Gasteiger partial charge in [-0.3, -0.25) is 4.79 Å². The molecule has 0 spiro atoms. The van der Waals surface area contributed by atoms with Gasteiger partial charge < -0.3 is 20.7 Å². The van der Waals surface area contributed by atoms with Gasteiger partial charge in [-0.2, -0.15) is 0 Å². The van der Waals surface area contributed by atoms with Crippen LogP contribution in [0.15, 0.2) is 6.07 Å². The first-order valence-electron chi connectivity index (χ1n) is 11.2. The van der Waals surface area contributed by atoms with E-state index in [-0.39, 0.29) is 41.4 Å². The van der Waals surface area contributed by atoms with Crippen molar-refractivity contribution in [3.05, 3.63) is 17.6 Å². The molecular weight excluding hydrogens is 382 g/mol. The summed E-state index contributed by atoms with van der Waals surface area (Å²) in [6.07, 6.45) is 5.17. The minimum absolute atomic E-state index is 0.0688. The summed E-state index contributed by atoms with van der Waals surface area (Å²) in [4.78, 5) is 35.6. The second kappa shape index (κ2) is 7.10. The number of nitrogens with one attached hydrogen (secondary N) is 1. The Morgan fingerprint density at radius 2 is 1.93 bits per heavy atom. The van der Waals surface area contributed by atoms with Crippen molar-refractivity contribution in [1.29, 1.82) is 0 Å². The fraction of sp³-hybridized carbons (Fsp3) is 0.727. The SMILES string of the molecule is Cc1cc(NC2CCN(C(=O)OC3C4CC5CC3CC(C(N)=O)(C5)C4)C2)nc(C)n1. The molecule has 2 heterocycles. The lowest BCUT2D eigenvalue weighted by molar-refractivity contribution is -0.161. The van der Waals surface area contributed by atoms with E-state index in [9.17, 15) is 9.59 Å². The summed E-state index contributed by atoms with van der Waals surface area (Å²) in [5.41, 5.74) is 6.34. The molecule has 5 fully saturated rings. The zero-order valence-corrected chi connectivity index (χ0v) is 17.8. The van der Waals surface area contributed by atoms with E-state index in [1.807, 2.05) is 19.9 Å². The normalized spacial score (nSPS) is 36.7. The number of rotatable bonds is 4. The van der Waals surface area contributed by atoms with Crippen LogP contribution >= 0.6 is 0 Å². The molecule has 1 aromatic rings. The van der Waals surface area contributed by atoms with Gasteiger partial charge in [-0.15, -0.1) is 0 Å². The van der Waals surface area contributed by atoms with E-state index < -0.39 is 0 Å². The Morgan fingerprint density at radius 1 is 1.20 bits per heavy atom. The lowest BCUT2D eigenvalue weighted by Gasteiger charge is -2.58. The zero-order valence-electron chi connectivity index (χ0n) is 17.8. The van der Waals surface area contributed by atoms with E-state index in [1.165, 1.54) is 0 Å². The summed E-state index contributed by atoms with van der Waals surface area (Å²) in [6, 6.07) is 2.08. The number of anilines is 1. The number of hydrogen-bond acceptors (Lipinski definition) is 6. The largest absolute Gasteiger partial charge is 0.446 e. The third kappa shape index (κ3) is 3.40. The Hall–Kier alpha value is -2.38. The highest BCUT2D eigenvalue weighted by atomic mass is 16.6. The lowest BCUT2D eigenvalue weighted by Crippen LogP contribution is -2.59. The van der Waals surface area contributed by atoms with Gasteiger partial charge in [0.25, 0.3) is 0 Å². The molecular formula is C22H31N5O3. The number of carbonyl (C=O) groups is 2. The van der Waals surface area contributed by atoms with Gasteiger partial charge in [-0.05, 0) is 70.1 Å². The maximum Gasteiger partial charge on any atom is 0.410 e. The van der Waals surface area contributed by atoms with E-state index in [0.29, 0.717) is 19.0 Å². The highest BCUT2D eigenvalue weighted by Gasteiger charge is 2.59. The van der Waals surface area contributed by atoms with Gasteiger partial charge in [0.2, 0.25) is 5.91 Å². The Balaban J connectivity index is 1.19. The quantitative estimate of drug-likeness (QED) is 0.784. The first-order chi connectivity index (χ1) is 14.3. The monoisotopic (exact) mass is 413 g/mol. The molecule has 3 atom stereocenters. The highest BCUT2D eigenvalue weighted by molar-refractivity contribution is 5.81. The summed E-state index contributed by atoms with van der Waals surface area (Å²) < 4.78 is 6.05. The molecule has 1 aromatic heterocycles. The second-order valence-electron chi connectivity index (χ2n) is 9.98. The zero-order chi connectivity index (χ0) is 21.0. The van der Waals surface area contributed by atoms with E-state index in [2.05, 4.69) is 15.3 Å². The fourth-order valence-electron chi connectivity index (χ4n) is 6.71. The molecule has 4 saturated carbocycles. The van der Waals surface area contributed by atoms with Crippen molar-refractivity contribution in [1.82, 2.24) is 14.9 Å². The summed E-state index contributed by atoms with van der Waals surface area (Å²) in [5, 5.41) is 3.43. The van der Waals surface area contributed by atoms with Crippen LogP contribution in [0, 0.1) is 37.0 Å². The molecule has 8 heteroatoms. The smallest absolute Gasteiger partial charge is 0.410 e. The van der Waals surface area contributed by atoms with Gasteiger partial charge in [0, 0.05) is 30.9 Å². The van der Waals surface area contributed by atoms with Crippen molar-refractivity contribution in [2.24, 2.45) is 28.9 Å².